The molecule has 32 heavy (non-hydrogen) atoms. The number of benzene rings is 2. The van der Waals surface area contributed by atoms with E-state index in [1.54, 1.807) is 11.2 Å². The zero-order valence-corrected chi connectivity index (χ0v) is 17.2. The lowest BCUT2D eigenvalue weighted by molar-refractivity contribution is -0.384. The minimum absolute atomic E-state index is 0.00690. The first-order valence-electron chi connectivity index (χ1n) is 9.97. The van der Waals surface area contributed by atoms with Crippen LogP contribution in [0.15, 0.2) is 47.6 Å². The summed E-state index contributed by atoms with van der Waals surface area (Å²) in [6, 6.07) is 9.59. The number of fused-ring (bicyclic) bond motifs is 5. The zero-order valence-electron chi connectivity index (χ0n) is 17.2. The average molecular weight is 434 g/mol. The van der Waals surface area contributed by atoms with Crippen LogP contribution in [0.4, 0.5) is 11.4 Å². The van der Waals surface area contributed by atoms with Crippen LogP contribution >= 0.6 is 0 Å². The Morgan fingerprint density at radius 2 is 1.84 bits per heavy atom. The molecular weight excluding hydrogens is 416 g/mol. The van der Waals surface area contributed by atoms with Gasteiger partial charge in [-0.2, -0.15) is 5.10 Å². The van der Waals surface area contributed by atoms with E-state index in [4.69, 9.17) is 4.74 Å². The summed E-state index contributed by atoms with van der Waals surface area (Å²) >= 11 is 0. The largest absolute Gasteiger partial charge is 0.495 e. The van der Waals surface area contributed by atoms with E-state index >= 15 is 0 Å². The third-order valence-electron chi connectivity index (χ3n) is 6.32. The molecule has 4 atom stereocenters. The number of nitro groups is 1. The van der Waals surface area contributed by atoms with E-state index < -0.39 is 40.7 Å². The maximum atomic E-state index is 13.7. The van der Waals surface area contributed by atoms with Gasteiger partial charge in [-0.15, -0.1) is 0 Å². The molecule has 2 aromatic rings. The third-order valence-corrected chi connectivity index (χ3v) is 6.32. The van der Waals surface area contributed by atoms with Crippen LogP contribution in [0.5, 0.6) is 5.75 Å². The van der Waals surface area contributed by atoms with Crippen LogP contribution in [-0.4, -0.2) is 46.9 Å². The fourth-order valence-electron chi connectivity index (χ4n) is 5.03. The van der Waals surface area contributed by atoms with Gasteiger partial charge in [-0.25, -0.2) is 4.90 Å². The minimum Gasteiger partial charge on any atom is -0.495 e. The van der Waals surface area contributed by atoms with Crippen molar-refractivity contribution in [3.63, 3.8) is 0 Å². The molecule has 3 heterocycles. The molecule has 10 nitrogen and oxygen atoms in total. The molecule has 0 N–H and O–H groups in total. The molecule has 2 amide bonds. The van der Waals surface area contributed by atoms with Crippen LogP contribution in [-0.2, 0) is 14.4 Å². The molecule has 2 fully saturated rings. The maximum absolute atomic E-state index is 13.7. The van der Waals surface area contributed by atoms with Crippen LogP contribution in [0.2, 0.25) is 0 Å². The van der Waals surface area contributed by atoms with Gasteiger partial charge in [0.25, 0.3) is 5.69 Å². The molecule has 0 bridgehead atoms. The molecule has 0 aliphatic carbocycles. The maximum Gasteiger partial charge on any atom is 0.271 e. The predicted molar refractivity (Wildman–Crippen MR) is 112 cm³/mol. The number of methoxy groups -OCH3 is 1. The number of ether oxygens (including phenoxy) is 1. The highest BCUT2D eigenvalue weighted by Gasteiger charge is 2.65. The van der Waals surface area contributed by atoms with Crippen molar-refractivity contribution in [1.29, 1.82) is 0 Å². The summed E-state index contributed by atoms with van der Waals surface area (Å²) in [6.45, 7) is 1.37. The predicted octanol–water partition coefficient (Wildman–Crippen LogP) is 2.07. The lowest BCUT2D eigenvalue weighted by Crippen LogP contribution is -2.44. The molecular formula is C22H18N4O6. The number of nitro benzene ring substituents is 1. The third kappa shape index (κ3) is 2.58. The van der Waals surface area contributed by atoms with Gasteiger partial charge in [-0.3, -0.25) is 29.5 Å². The Kier molecular flexibility index (Phi) is 4.33. The molecule has 2 saturated heterocycles. The number of ketones is 1. The molecule has 0 aromatic heterocycles. The van der Waals surface area contributed by atoms with Gasteiger partial charge in [0, 0.05) is 12.1 Å². The quantitative estimate of drug-likeness (QED) is 0.410. The highest BCUT2D eigenvalue weighted by molar-refractivity contribution is 6.24. The van der Waals surface area contributed by atoms with Gasteiger partial charge >= 0.3 is 0 Å². The monoisotopic (exact) mass is 434 g/mol. The van der Waals surface area contributed by atoms with E-state index in [1.165, 1.54) is 26.2 Å². The summed E-state index contributed by atoms with van der Waals surface area (Å²) < 4.78 is 5.28. The molecule has 0 saturated carbocycles. The van der Waals surface area contributed by atoms with Crippen LogP contribution in [0.1, 0.15) is 24.1 Å². The van der Waals surface area contributed by atoms with Crippen LogP contribution in [0.3, 0.4) is 0 Å². The zero-order chi connectivity index (χ0) is 22.7. The van der Waals surface area contributed by atoms with Crippen molar-refractivity contribution in [2.45, 2.75) is 19.0 Å². The summed E-state index contributed by atoms with van der Waals surface area (Å²) in [7, 11) is 1.35. The fourth-order valence-corrected chi connectivity index (χ4v) is 5.03. The van der Waals surface area contributed by atoms with E-state index in [1.807, 2.05) is 24.3 Å². The van der Waals surface area contributed by atoms with Crippen molar-refractivity contribution < 1.29 is 24.0 Å². The Bertz CT molecular complexity index is 1220. The molecule has 3 aliphatic heterocycles. The first kappa shape index (κ1) is 19.9. The number of carbonyl (C=O) groups excluding carboxylic acids is 3. The number of hydrogen-bond acceptors (Lipinski definition) is 8. The summed E-state index contributed by atoms with van der Waals surface area (Å²) in [6.07, 6.45) is 1.62. The van der Waals surface area contributed by atoms with Gasteiger partial charge in [0.2, 0.25) is 11.8 Å². The number of Topliss-reactive ketones (excluding diaryl/α,β-unsaturated/α-hetero) is 1. The molecule has 0 radical (unpaired) electrons. The number of carbonyl (C=O) groups is 3. The van der Waals surface area contributed by atoms with Gasteiger partial charge in [0.1, 0.15) is 17.5 Å². The van der Waals surface area contributed by atoms with E-state index in [2.05, 4.69) is 5.10 Å². The SMILES string of the molecule is COc1ccc([N+](=O)[O-])cc1N1C(=O)[C@@H]2[C@H](C1=O)[C@@H]1c3ccccc3C=NN1[C@@H]2C(C)=O. The molecule has 0 spiro atoms. The number of nitrogens with zero attached hydrogens (tertiary/aromatic N) is 4. The number of non-ortho nitro benzene ring substituents is 1. The number of rotatable bonds is 4. The Morgan fingerprint density at radius 1 is 1.12 bits per heavy atom. The van der Waals surface area contributed by atoms with Gasteiger partial charge in [0.05, 0.1) is 36.1 Å². The van der Waals surface area contributed by atoms with Gasteiger partial charge in [-0.1, -0.05) is 24.3 Å². The van der Waals surface area contributed by atoms with Crippen LogP contribution < -0.4 is 9.64 Å². The molecule has 0 unspecified atom stereocenters. The lowest BCUT2D eigenvalue weighted by Gasteiger charge is -2.33. The first-order chi connectivity index (χ1) is 15.3. The minimum atomic E-state index is -0.961. The van der Waals surface area contributed by atoms with E-state index in [0.717, 1.165) is 22.1 Å². The topological polar surface area (TPSA) is 122 Å². The van der Waals surface area contributed by atoms with Crippen molar-refractivity contribution in [2.75, 3.05) is 12.0 Å². The molecule has 162 valence electrons. The van der Waals surface area contributed by atoms with Crippen LogP contribution in [0.25, 0.3) is 0 Å². The summed E-state index contributed by atoms with van der Waals surface area (Å²) in [4.78, 5) is 51.5. The van der Waals surface area contributed by atoms with E-state index in [-0.39, 0.29) is 22.9 Å². The fraction of sp³-hybridized carbons (Fsp3) is 0.273. The normalized spacial score (nSPS) is 25.4. The number of hydrogen-bond donors (Lipinski definition) is 0. The van der Waals surface area contributed by atoms with E-state index in [0.29, 0.717) is 0 Å². The lowest BCUT2D eigenvalue weighted by atomic mass is 9.84. The second kappa shape index (κ2) is 6.98. The van der Waals surface area contributed by atoms with Crippen molar-refractivity contribution in [3.05, 3.63) is 63.7 Å². The standard InChI is InChI=1S/C22H18N4O6/c1-11(27)19-17-18(20-14-6-4-3-5-12(14)10-23-25(19)20)22(29)24(21(17)28)15-9-13(26(30)31)7-8-16(15)32-2/h3-10,17-20H,1-2H3/t17-,18+,19-,20+/m1/s1. The second-order valence-electron chi connectivity index (χ2n) is 7.93. The van der Waals surface area contributed by atoms with Crippen molar-refractivity contribution in [3.8, 4) is 5.75 Å². The molecule has 10 heteroatoms. The van der Waals surface area contributed by atoms with Crippen molar-refractivity contribution >= 4 is 35.2 Å². The Hall–Kier alpha value is -4.08. The van der Waals surface area contributed by atoms with Crippen molar-refractivity contribution in [1.82, 2.24) is 5.01 Å². The first-order valence-corrected chi connectivity index (χ1v) is 9.97. The Morgan fingerprint density at radius 3 is 2.53 bits per heavy atom. The summed E-state index contributed by atoms with van der Waals surface area (Å²) in [5.74, 6) is -3.09. The molecule has 5 rings (SSSR count). The van der Waals surface area contributed by atoms with Crippen LogP contribution in [0, 0.1) is 22.0 Å². The number of anilines is 1. The average Bonchev–Trinajstić information content (AvgIpc) is 3.26. The second-order valence-corrected chi connectivity index (χ2v) is 7.93. The highest BCUT2D eigenvalue weighted by atomic mass is 16.6. The highest BCUT2D eigenvalue weighted by Crippen LogP contribution is 2.53. The smallest absolute Gasteiger partial charge is 0.271 e. The van der Waals surface area contributed by atoms with Crippen molar-refractivity contribution in [2.24, 2.45) is 16.9 Å². The Labute approximate surface area is 182 Å². The molecule has 2 aromatic carbocycles. The molecule has 3 aliphatic rings. The van der Waals surface area contributed by atoms with Gasteiger partial charge in [-0.05, 0) is 24.1 Å². The van der Waals surface area contributed by atoms with Gasteiger partial charge < -0.3 is 4.74 Å². The Balaban J connectivity index is 1.66. The van der Waals surface area contributed by atoms with E-state index in [9.17, 15) is 24.5 Å². The number of amides is 2. The summed E-state index contributed by atoms with van der Waals surface area (Å²) in [5.41, 5.74) is 1.32. The number of hydrazone groups is 1. The number of imide groups is 1. The van der Waals surface area contributed by atoms with Gasteiger partial charge in [0.15, 0.2) is 5.78 Å². The summed E-state index contributed by atoms with van der Waals surface area (Å²) in [5, 5.41) is 17.3.